The van der Waals surface area contributed by atoms with Crippen molar-refractivity contribution in [3.8, 4) is 11.4 Å². The molecule has 1 aromatic heterocycles. The number of nitrogens with zero attached hydrogens (tertiary/aromatic N) is 4. The molecule has 0 spiro atoms. The lowest BCUT2D eigenvalue weighted by molar-refractivity contribution is -0.134. The smallest absolute Gasteiger partial charge is 0.263 e. The van der Waals surface area contributed by atoms with E-state index in [4.69, 9.17) is 16.3 Å². The third-order valence-corrected chi connectivity index (χ3v) is 4.00. The molecule has 1 N–H and O–H groups in total. The molecule has 2 aromatic carbocycles. The number of amides is 1. The Bertz CT molecular complexity index is 926. The van der Waals surface area contributed by atoms with Crippen molar-refractivity contribution < 1.29 is 13.9 Å². The van der Waals surface area contributed by atoms with Crippen LogP contribution in [0.25, 0.3) is 5.69 Å². The second kappa shape index (κ2) is 7.71. The first-order valence-corrected chi connectivity index (χ1v) is 8.49. The van der Waals surface area contributed by atoms with E-state index in [1.54, 1.807) is 50.2 Å². The van der Waals surface area contributed by atoms with Crippen LogP contribution in [-0.2, 0) is 11.3 Å². The Labute approximate surface area is 160 Å². The average molecular weight is 390 g/mol. The summed E-state index contributed by atoms with van der Waals surface area (Å²) in [6.45, 7) is 3.39. The van der Waals surface area contributed by atoms with Gasteiger partial charge in [-0.15, -0.1) is 5.10 Å². The predicted octanol–water partition coefficient (Wildman–Crippen LogP) is 2.93. The molecule has 0 bridgehead atoms. The van der Waals surface area contributed by atoms with E-state index in [0.29, 0.717) is 22.3 Å². The van der Waals surface area contributed by atoms with Gasteiger partial charge in [0, 0.05) is 5.02 Å². The summed E-state index contributed by atoms with van der Waals surface area (Å²) in [5, 5.41) is 14.7. The molecule has 0 saturated heterocycles. The Morgan fingerprint density at radius 3 is 2.52 bits per heavy atom. The van der Waals surface area contributed by atoms with Gasteiger partial charge in [-0.25, -0.2) is 4.39 Å². The minimum atomic E-state index is -1.12. The Morgan fingerprint density at radius 1 is 1.19 bits per heavy atom. The summed E-state index contributed by atoms with van der Waals surface area (Å²) in [7, 11) is 0. The van der Waals surface area contributed by atoms with E-state index in [1.807, 2.05) is 0 Å². The summed E-state index contributed by atoms with van der Waals surface area (Å²) < 4.78 is 20.2. The first-order valence-electron chi connectivity index (χ1n) is 8.11. The molecule has 0 saturated carbocycles. The van der Waals surface area contributed by atoms with Gasteiger partial charge in [-0.05, 0) is 72.8 Å². The minimum absolute atomic E-state index is 0.0800. The van der Waals surface area contributed by atoms with E-state index in [0.717, 1.165) is 0 Å². The van der Waals surface area contributed by atoms with E-state index in [1.165, 1.54) is 16.8 Å². The Hall–Kier alpha value is -3.00. The molecule has 0 aliphatic carbocycles. The fraction of sp³-hybridized carbons (Fsp3) is 0.222. The lowest BCUT2D eigenvalue weighted by atomic mass is 10.1. The maximum absolute atomic E-state index is 13.1. The van der Waals surface area contributed by atoms with Gasteiger partial charge in [0.25, 0.3) is 5.91 Å². The lowest BCUT2D eigenvalue weighted by Gasteiger charge is -2.25. The van der Waals surface area contributed by atoms with Gasteiger partial charge in [-0.3, -0.25) is 4.79 Å². The van der Waals surface area contributed by atoms with Gasteiger partial charge >= 0.3 is 0 Å². The van der Waals surface area contributed by atoms with Crippen molar-refractivity contribution in [1.82, 2.24) is 25.5 Å². The van der Waals surface area contributed by atoms with Crippen LogP contribution in [0.1, 0.15) is 19.7 Å². The number of aromatic nitrogens is 4. The van der Waals surface area contributed by atoms with E-state index in [9.17, 15) is 9.18 Å². The molecule has 0 atom stereocenters. The summed E-state index contributed by atoms with van der Waals surface area (Å²) in [5.74, 6) is 0.224. The number of carbonyl (C=O) groups excluding carboxylic acids is 1. The fourth-order valence-corrected chi connectivity index (χ4v) is 2.44. The summed E-state index contributed by atoms with van der Waals surface area (Å²) >= 11 is 5.85. The molecule has 27 heavy (non-hydrogen) atoms. The molecule has 3 aromatic rings. The number of rotatable bonds is 6. The van der Waals surface area contributed by atoms with Crippen molar-refractivity contribution in [2.45, 2.75) is 26.0 Å². The Kier molecular flexibility index (Phi) is 5.36. The number of nitrogens with one attached hydrogen (secondary N) is 1. The number of benzene rings is 2. The second-order valence-electron chi connectivity index (χ2n) is 6.23. The van der Waals surface area contributed by atoms with Crippen molar-refractivity contribution in [2.75, 3.05) is 0 Å². The van der Waals surface area contributed by atoms with Gasteiger partial charge in [0.2, 0.25) is 0 Å². The third kappa shape index (κ3) is 4.59. The highest BCUT2D eigenvalue weighted by molar-refractivity contribution is 6.30. The normalized spacial score (nSPS) is 11.3. The van der Waals surface area contributed by atoms with Gasteiger partial charge in [0.15, 0.2) is 11.4 Å². The second-order valence-corrected chi connectivity index (χ2v) is 6.67. The number of hydrogen-bond donors (Lipinski definition) is 1. The zero-order valence-corrected chi connectivity index (χ0v) is 15.4. The highest BCUT2D eigenvalue weighted by Crippen LogP contribution is 2.21. The summed E-state index contributed by atoms with van der Waals surface area (Å²) in [5.41, 5.74) is -0.538. The van der Waals surface area contributed by atoms with Crippen molar-refractivity contribution in [2.24, 2.45) is 0 Å². The van der Waals surface area contributed by atoms with Crippen LogP contribution in [0.15, 0.2) is 48.5 Å². The zero-order valence-electron chi connectivity index (χ0n) is 14.7. The SMILES string of the molecule is CC(C)(Oc1ccc(Cl)cc1)C(=O)NCc1nnnn1-c1ccc(F)cc1. The van der Waals surface area contributed by atoms with E-state index < -0.39 is 5.60 Å². The lowest BCUT2D eigenvalue weighted by Crippen LogP contribution is -2.46. The molecule has 140 valence electrons. The maximum atomic E-state index is 13.1. The maximum Gasteiger partial charge on any atom is 0.263 e. The van der Waals surface area contributed by atoms with Gasteiger partial charge in [0.05, 0.1) is 12.2 Å². The van der Waals surface area contributed by atoms with Gasteiger partial charge < -0.3 is 10.1 Å². The molecule has 1 heterocycles. The van der Waals surface area contributed by atoms with Gasteiger partial charge in [-0.1, -0.05) is 11.6 Å². The molecule has 0 unspecified atom stereocenters. The predicted molar refractivity (Wildman–Crippen MR) is 97.1 cm³/mol. The van der Waals surface area contributed by atoms with Crippen molar-refractivity contribution in [1.29, 1.82) is 0 Å². The largest absolute Gasteiger partial charge is 0.478 e. The summed E-state index contributed by atoms with van der Waals surface area (Å²) in [6, 6.07) is 12.4. The molecule has 0 radical (unpaired) electrons. The first-order chi connectivity index (χ1) is 12.8. The molecule has 7 nitrogen and oxygen atoms in total. The minimum Gasteiger partial charge on any atom is -0.478 e. The average Bonchev–Trinajstić information content (AvgIpc) is 3.10. The van der Waals surface area contributed by atoms with Crippen LogP contribution in [0.4, 0.5) is 4.39 Å². The number of hydrogen-bond acceptors (Lipinski definition) is 5. The van der Waals surface area contributed by atoms with Crippen LogP contribution in [0, 0.1) is 5.82 Å². The van der Waals surface area contributed by atoms with Crippen LogP contribution in [-0.4, -0.2) is 31.7 Å². The van der Waals surface area contributed by atoms with Crippen LogP contribution < -0.4 is 10.1 Å². The molecule has 3 rings (SSSR count). The molecule has 1 amide bonds. The van der Waals surface area contributed by atoms with Crippen molar-refractivity contribution in [3.63, 3.8) is 0 Å². The Balaban J connectivity index is 1.66. The standard InChI is InChI=1S/C18H17ClFN5O2/c1-18(2,27-15-9-3-12(19)4-10-15)17(26)21-11-16-22-23-24-25(16)14-7-5-13(20)6-8-14/h3-10H,11H2,1-2H3,(H,21,26). The Morgan fingerprint density at radius 2 is 1.85 bits per heavy atom. The van der Waals surface area contributed by atoms with Gasteiger partial charge in [0.1, 0.15) is 11.6 Å². The summed E-state index contributed by atoms with van der Waals surface area (Å²) in [4.78, 5) is 12.5. The van der Waals surface area contributed by atoms with Crippen LogP contribution >= 0.6 is 11.6 Å². The molecule has 0 aliphatic heterocycles. The monoisotopic (exact) mass is 389 g/mol. The first kappa shape index (κ1) is 18.8. The summed E-state index contributed by atoms with van der Waals surface area (Å²) in [6.07, 6.45) is 0. The van der Waals surface area contributed by atoms with E-state index in [2.05, 4.69) is 20.8 Å². The molecule has 0 fully saturated rings. The number of carbonyl (C=O) groups is 1. The van der Waals surface area contributed by atoms with Crippen molar-refractivity contribution >= 4 is 17.5 Å². The quantitative estimate of drug-likeness (QED) is 0.701. The van der Waals surface area contributed by atoms with Crippen molar-refractivity contribution in [3.05, 3.63) is 65.2 Å². The molecular weight excluding hydrogens is 373 g/mol. The van der Waals surface area contributed by atoms with Gasteiger partial charge in [-0.2, -0.15) is 4.68 Å². The van der Waals surface area contributed by atoms with E-state index >= 15 is 0 Å². The molecular formula is C18H17ClFN5O2. The topological polar surface area (TPSA) is 81.9 Å². The number of tetrazole rings is 1. The molecule has 0 aliphatic rings. The third-order valence-electron chi connectivity index (χ3n) is 3.75. The van der Waals surface area contributed by atoms with Crippen LogP contribution in [0.3, 0.4) is 0 Å². The highest BCUT2D eigenvalue weighted by atomic mass is 35.5. The highest BCUT2D eigenvalue weighted by Gasteiger charge is 2.30. The number of halogens is 2. The van der Waals surface area contributed by atoms with Crippen LogP contribution in [0.2, 0.25) is 5.02 Å². The van der Waals surface area contributed by atoms with Crippen LogP contribution in [0.5, 0.6) is 5.75 Å². The fourth-order valence-electron chi connectivity index (χ4n) is 2.31. The zero-order chi connectivity index (χ0) is 19.4. The number of ether oxygens (including phenoxy) is 1. The van der Waals surface area contributed by atoms with E-state index in [-0.39, 0.29) is 18.3 Å². The molecule has 9 heteroatoms.